The van der Waals surface area contributed by atoms with Crippen molar-refractivity contribution >= 4 is 5.91 Å². The maximum atomic E-state index is 11.0. The van der Waals surface area contributed by atoms with Crippen molar-refractivity contribution in [2.24, 2.45) is 11.7 Å². The third-order valence-electron chi connectivity index (χ3n) is 1.89. The average molecular weight is 174 g/mol. The van der Waals surface area contributed by atoms with Gasteiger partial charge in [0.15, 0.2) is 0 Å². The van der Waals surface area contributed by atoms with Crippen LogP contribution in [-0.4, -0.2) is 32.2 Å². The number of hydrogen-bond donors (Lipinski definition) is 2. The van der Waals surface area contributed by atoms with Crippen LogP contribution >= 0.6 is 0 Å². The van der Waals surface area contributed by atoms with Crippen LogP contribution in [0.2, 0.25) is 0 Å². The molecule has 0 heterocycles. The van der Waals surface area contributed by atoms with Crippen molar-refractivity contribution in [3.8, 4) is 0 Å². The Balaban J connectivity index is 3.67. The van der Waals surface area contributed by atoms with Crippen LogP contribution in [0, 0.1) is 5.92 Å². The van der Waals surface area contributed by atoms with Crippen molar-refractivity contribution in [2.45, 2.75) is 19.9 Å². The molecule has 72 valence electrons. The topological polar surface area (TPSA) is 64.3 Å². The summed E-state index contributed by atoms with van der Waals surface area (Å²) < 4.78 is 4.67. The van der Waals surface area contributed by atoms with Gasteiger partial charge in [-0.3, -0.25) is 4.79 Å². The van der Waals surface area contributed by atoms with Gasteiger partial charge in [-0.2, -0.15) is 0 Å². The molecule has 0 rings (SSSR count). The number of carbonyl (C=O) groups is 1. The van der Waals surface area contributed by atoms with Gasteiger partial charge in [0, 0.05) is 13.2 Å². The predicted molar refractivity (Wildman–Crippen MR) is 47.7 cm³/mol. The van der Waals surface area contributed by atoms with Gasteiger partial charge in [-0.1, -0.05) is 6.92 Å². The van der Waals surface area contributed by atoms with Crippen LogP contribution in [0.25, 0.3) is 0 Å². The summed E-state index contributed by atoms with van der Waals surface area (Å²) in [4.78, 5) is 11.0. The van der Waals surface area contributed by atoms with Crippen LogP contribution in [0.3, 0.4) is 0 Å². The number of amides is 1. The van der Waals surface area contributed by atoms with Crippen LogP contribution in [0.15, 0.2) is 0 Å². The summed E-state index contributed by atoms with van der Waals surface area (Å²) in [6.45, 7) is 4.62. The van der Waals surface area contributed by atoms with E-state index in [0.717, 1.165) is 0 Å². The predicted octanol–water partition coefficient (Wildman–Crippen LogP) is -0.268. The van der Waals surface area contributed by atoms with Crippen LogP contribution < -0.4 is 11.1 Å². The van der Waals surface area contributed by atoms with Crippen LogP contribution in [-0.2, 0) is 9.53 Å². The van der Waals surface area contributed by atoms with Crippen molar-refractivity contribution in [1.29, 1.82) is 0 Å². The van der Waals surface area contributed by atoms with E-state index in [-0.39, 0.29) is 18.6 Å². The van der Waals surface area contributed by atoms with E-state index < -0.39 is 0 Å². The lowest BCUT2D eigenvalue weighted by Crippen LogP contribution is -2.41. The normalized spacial score (nSPS) is 15.3. The molecule has 0 aliphatic heterocycles. The standard InChI is InChI=1S/C8H18N2O2/c1-6(4-9)7(2)10-8(11)5-12-3/h6-7H,4-5,9H2,1-3H3,(H,10,11). The summed E-state index contributed by atoms with van der Waals surface area (Å²) in [6, 6.07) is 0.109. The quantitative estimate of drug-likeness (QED) is 0.603. The van der Waals surface area contributed by atoms with E-state index in [4.69, 9.17) is 5.73 Å². The van der Waals surface area contributed by atoms with Crippen LogP contribution in [0.5, 0.6) is 0 Å². The largest absolute Gasteiger partial charge is 0.375 e. The van der Waals surface area contributed by atoms with E-state index in [1.54, 1.807) is 0 Å². The van der Waals surface area contributed by atoms with E-state index in [2.05, 4.69) is 10.1 Å². The lowest BCUT2D eigenvalue weighted by Gasteiger charge is -2.19. The fourth-order valence-electron chi connectivity index (χ4n) is 0.773. The molecule has 12 heavy (non-hydrogen) atoms. The van der Waals surface area contributed by atoms with E-state index in [1.807, 2.05) is 13.8 Å². The van der Waals surface area contributed by atoms with E-state index in [9.17, 15) is 4.79 Å². The highest BCUT2D eigenvalue weighted by Gasteiger charge is 2.12. The molecule has 0 radical (unpaired) electrons. The Morgan fingerprint density at radius 1 is 1.58 bits per heavy atom. The molecule has 4 nitrogen and oxygen atoms in total. The van der Waals surface area contributed by atoms with Gasteiger partial charge in [-0.25, -0.2) is 0 Å². The Morgan fingerprint density at radius 2 is 2.17 bits per heavy atom. The van der Waals surface area contributed by atoms with Gasteiger partial charge in [0.2, 0.25) is 5.91 Å². The van der Waals surface area contributed by atoms with E-state index in [1.165, 1.54) is 7.11 Å². The molecule has 0 aliphatic carbocycles. The molecule has 2 atom stereocenters. The third-order valence-corrected chi connectivity index (χ3v) is 1.89. The summed E-state index contributed by atoms with van der Waals surface area (Å²) in [7, 11) is 1.50. The van der Waals surface area contributed by atoms with Crippen LogP contribution in [0.4, 0.5) is 0 Å². The Labute approximate surface area is 73.5 Å². The molecular formula is C8H18N2O2. The molecule has 2 unspecified atom stereocenters. The number of ether oxygens (including phenoxy) is 1. The van der Waals surface area contributed by atoms with Crippen LogP contribution in [0.1, 0.15) is 13.8 Å². The second-order valence-electron chi connectivity index (χ2n) is 3.00. The molecule has 0 aliphatic rings. The zero-order chi connectivity index (χ0) is 9.56. The summed E-state index contributed by atoms with van der Waals surface area (Å²) in [5.74, 6) is 0.205. The highest BCUT2D eigenvalue weighted by Crippen LogP contribution is 1.98. The minimum absolute atomic E-state index is 0.0923. The first-order chi connectivity index (χ1) is 5.61. The number of methoxy groups -OCH3 is 1. The molecule has 0 spiro atoms. The SMILES string of the molecule is COCC(=O)NC(C)C(C)CN. The first kappa shape index (κ1) is 11.4. The smallest absolute Gasteiger partial charge is 0.246 e. The molecule has 0 fully saturated rings. The van der Waals surface area contributed by atoms with Crippen molar-refractivity contribution in [1.82, 2.24) is 5.32 Å². The fourth-order valence-corrected chi connectivity index (χ4v) is 0.773. The van der Waals surface area contributed by atoms with E-state index in [0.29, 0.717) is 12.5 Å². The third kappa shape index (κ3) is 4.31. The number of carbonyl (C=O) groups excluding carboxylic acids is 1. The van der Waals surface area contributed by atoms with Gasteiger partial charge >= 0.3 is 0 Å². The van der Waals surface area contributed by atoms with E-state index >= 15 is 0 Å². The van der Waals surface area contributed by atoms with Gasteiger partial charge < -0.3 is 15.8 Å². The van der Waals surface area contributed by atoms with Gasteiger partial charge in [0.05, 0.1) is 0 Å². The molecule has 3 N–H and O–H groups in total. The van der Waals surface area contributed by atoms with Gasteiger partial charge in [-0.15, -0.1) is 0 Å². The second-order valence-corrected chi connectivity index (χ2v) is 3.00. The Hall–Kier alpha value is -0.610. The van der Waals surface area contributed by atoms with Crippen molar-refractivity contribution < 1.29 is 9.53 Å². The number of hydrogen-bond acceptors (Lipinski definition) is 3. The summed E-state index contributed by atoms with van der Waals surface area (Å²) in [5.41, 5.74) is 5.44. The first-order valence-electron chi connectivity index (χ1n) is 4.10. The van der Waals surface area contributed by atoms with Gasteiger partial charge in [0.25, 0.3) is 0 Å². The minimum atomic E-state index is -0.0923. The Bertz CT molecular complexity index is 139. The lowest BCUT2D eigenvalue weighted by atomic mass is 10.0. The average Bonchev–Trinajstić information content (AvgIpc) is 2.03. The molecular weight excluding hydrogens is 156 g/mol. The first-order valence-corrected chi connectivity index (χ1v) is 4.10. The maximum absolute atomic E-state index is 11.0. The molecule has 0 saturated heterocycles. The lowest BCUT2D eigenvalue weighted by molar-refractivity contribution is -0.125. The summed E-state index contributed by atoms with van der Waals surface area (Å²) in [5, 5.41) is 2.79. The fraction of sp³-hybridized carbons (Fsp3) is 0.875. The molecule has 0 aromatic rings. The summed E-state index contributed by atoms with van der Waals surface area (Å²) >= 11 is 0. The highest BCUT2D eigenvalue weighted by molar-refractivity contribution is 5.77. The number of nitrogens with two attached hydrogens (primary N) is 1. The molecule has 0 aromatic heterocycles. The number of nitrogens with one attached hydrogen (secondary N) is 1. The van der Waals surface area contributed by atoms with Crippen molar-refractivity contribution in [2.75, 3.05) is 20.3 Å². The van der Waals surface area contributed by atoms with Crippen molar-refractivity contribution in [3.05, 3.63) is 0 Å². The maximum Gasteiger partial charge on any atom is 0.246 e. The van der Waals surface area contributed by atoms with Gasteiger partial charge in [0.1, 0.15) is 6.61 Å². The number of rotatable bonds is 5. The monoisotopic (exact) mass is 174 g/mol. The Morgan fingerprint density at radius 3 is 2.58 bits per heavy atom. The van der Waals surface area contributed by atoms with Crippen molar-refractivity contribution in [3.63, 3.8) is 0 Å². The molecule has 1 amide bonds. The zero-order valence-corrected chi connectivity index (χ0v) is 7.96. The molecule has 0 aromatic carbocycles. The molecule has 0 bridgehead atoms. The minimum Gasteiger partial charge on any atom is -0.375 e. The summed E-state index contributed by atoms with van der Waals surface area (Å²) in [6.07, 6.45) is 0. The Kier molecular flexibility index (Phi) is 5.66. The molecule has 4 heteroatoms. The molecule has 0 saturated carbocycles. The highest BCUT2D eigenvalue weighted by atomic mass is 16.5. The second kappa shape index (κ2) is 5.97. The zero-order valence-electron chi connectivity index (χ0n) is 7.96. The van der Waals surface area contributed by atoms with Gasteiger partial charge in [-0.05, 0) is 19.4 Å².